The van der Waals surface area contributed by atoms with Crippen LogP contribution in [0.1, 0.15) is 40.9 Å². The number of ketones is 1. The topological polar surface area (TPSA) is 75.7 Å². The second-order valence-electron chi connectivity index (χ2n) is 7.11. The maximum absolute atomic E-state index is 13.1. The minimum Gasteiger partial charge on any atom is -0.496 e. The van der Waals surface area contributed by atoms with Gasteiger partial charge in [0, 0.05) is 11.1 Å². The summed E-state index contributed by atoms with van der Waals surface area (Å²) >= 11 is 0. The quantitative estimate of drug-likeness (QED) is 0.588. The summed E-state index contributed by atoms with van der Waals surface area (Å²) < 4.78 is 44.5. The van der Waals surface area contributed by atoms with E-state index in [4.69, 9.17) is 4.74 Å². The van der Waals surface area contributed by atoms with Gasteiger partial charge < -0.3 is 10.1 Å². The molecule has 2 aromatic carbocycles. The Kier molecular flexibility index (Phi) is 5.32. The first-order valence-corrected chi connectivity index (χ1v) is 8.97. The number of Topliss-reactive ketones (excluding diaryl/α,β-unsaturated/α-hetero) is 1. The molecule has 1 heterocycles. The molecule has 1 fully saturated rings. The lowest BCUT2D eigenvalue weighted by Gasteiger charge is -2.23. The second-order valence-corrected chi connectivity index (χ2v) is 7.11. The summed E-state index contributed by atoms with van der Waals surface area (Å²) in [6.45, 7) is 2.53. The highest BCUT2D eigenvalue weighted by Crippen LogP contribution is 2.35. The van der Waals surface area contributed by atoms with Crippen LogP contribution in [0.3, 0.4) is 0 Å². The first-order chi connectivity index (χ1) is 14.0. The number of carbonyl (C=O) groups is 3. The predicted octanol–water partition coefficient (Wildman–Crippen LogP) is 3.88. The third-order valence-corrected chi connectivity index (χ3v) is 5.06. The SMILES string of the molecule is COc1ccc(C(C)=O)cc1CN1C(=O)N[C@](C)(c2cccc(C(F)(F)F)c2)C1=O. The predicted molar refractivity (Wildman–Crippen MR) is 101 cm³/mol. The Morgan fingerprint density at radius 3 is 2.47 bits per heavy atom. The molecule has 1 aliphatic rings. The summed E-state index contributed by atoms with van der Waals surface area (Å²) in [5.41, 5.74) is -1.77. The Morgan fingerprint density at radius 2 is 1.87 bits per heavy atom. The van der Waals surface area contributed by atoms with Crippen molar-refractivity contribution in [3.8, 4) is 5.75 Å². The van der Waals surface area contributed by atoms with E-state index in [1.165, 1.54) is 39.2 Å². The minimum atomic E-state index is -4.59. The van der Waals surface area contributed by atoms with E-state index >= 15 is 0 Å². The first kappa shape index (κ1) is 21.4. The number of amides is 3. The van der Waals surface area contributed by atoms with Gasteiger partial charge in [0.1, 0.15) is 11.3 Å². The van der Waals surface area contributed by atoms with Crippen molar-refractivity contribution in [2.45, 2.75) is 32.1 Å². The molecule has 1 N–H and O–H groups in total. The van der Waals surface area contributed by atoms with Gasteiger partial charge in [-0.3, -0.25) is 14.5 Å². The van der Waals surface area contributed by atoms with Gasteiger partial charge in [0.05, 0.1) is 19.2 Å². The Morgan fingerprint density at radius 1 is 1.17 bits per heavy atom. The van der Waals surface area contributed by atoms with E-state index in [1.807, 2.05) is 0 Å². The van der Waals surface area contributed by atoms with Crippen LogP contribution in [0.25, 0.3) is 0 Å². The Hall–Kier alpha value is -3.36. The smallest absolute Gasteiger partial charge is 0.416 e. The molecule has 1 saturated heterocycles. The summed E-state index contributed by atoms with van der Waals surface area (Å²) in [6, 6.07) is 8.15. The summed E-state index contributed by atoms with van der Waals surface area (Å²) in [7, 11) is 1.41. The lowest BCUT2D eigenvalue weighted by molar-refractivity contribution is -0.138. The average Bonchev–Trinajstić information content (AvgIpc) is 2.91. The van der Waals surface area contributed by atoms with Crippen LogP contribution in [-0.4, -0.2) is 29.7 Å². The standard InChI is InChI=1S/C21H19F3N2O4/c1-12(27)13-7-8-17(30-3)14(9-13)11-26-18(28)20(2,25-19(26)29)15-5-4-6-16(10-15)21(22,23)24/h4-10H,11H2,1-3H3,(H,25,29)/t20-/m1/s1. The van der Waals surface area contributed by atoms with E-state index in [9.17, 15) is 27.6 Å². The van der Waals surface area contributed by atoms with Crippen LogP contribution in [0.5, 0.6) is 5.75 Å². The molecule has 0 saturated carbocycles. The molecule has 1 aliphatic heterocycles. The fourth-order valence-electron chi connectivity index (χ4n) is 3.33. The highest BCUT2D eigenvalue weighted by molar-refractivity contribution is 6.07. The molecule has 6 nitrogen and oxygen atoms in total. The van der Waals surface area contributed by atoms with Crippen LogP contribution >= 0.6 is 0 Å². The Labute approximate surface area is 170 Å². The van der Waals surface area contributed by atoms with Crippen LogP contribution in [0, 0.1) is 0 Å². The van der Waals surface area contributed by atoms with Gasteiger partial charge in [-0.05, 0) is 49.7 Å². The van der Waals surface area contributed by atoms with E-state index in [2.05, 4.69) is 5.32 Å². The monoisotopic (exact) mass is 420 g/mol. The van der Waals surface area contributed by atoms with E-state index in [-0.39, 0.29) is 17.9 Å². The number of hydrogen-bond donors (Lipinski definition) is 1. The summed E-state index contributed by atoms with van der Waals surface area (Å²) in [5, 5.41) is 2.48. The van der Waals surface area contributed by atoms with Crippen LogP contribution < -0.4 is 10.1 Å². The number of ether oxygens (including phenoxy) is 1. The number of nitrogens with one attached hydrogen (secondary N) is 1. The highest BCUT2D eigenvalue weighted by Gasteiger charge is 2.49. The molecule has 0 unspecified atom stereocenters. The van der Waals surface area contributed by atoms with Crippen molar-refractivity contribution in [2.24, 2.45) is 0 Å². The molecule has 1 atom stereocenters. The molecule has 0 bridgehead atoms. The average molecular weight is 420 g/mol. The minimum absolute atomic E-state index is 0.0163. The van der Waals surface area contributed by atoms with E-state index in [0.29, 0.717) is 16.9 Å². The number of imide groups is 1. The third-order valence-electron chi connectivity index (χ3n) is 5.06. The molecular formula is C21H19F3N2O4. The zero-order valence-electron chi connectivity index (χ0n) is 16.5. The van der Waals surface area contributed by atoms with Crippen molar-refractivity contribution < 1.29 is 32.3 Å². The molecule has 30 heavy (non-hydrogen) atoms. The number of carbonyl (C=O) groups excluding carboxylic acids is 3. The van der Waals surface area contributed by atoms with Gasteiger partial charge in [0.2, 0.25) is 0 Å². The van der Waals surface area contributed by atoms with Gasteiger partial charge in [-0.2, -0.15) is 13.2 Å². The molecule has 0 aromatic heterocycles. The number of halogens is 3. The summed E-state index contributed by atoms with van der Waals surface area (Å²) in [4.78, 5) is 38.2. The van der Waals surface area contributed by atoms with Crippen LogP contribution in [0.4, 0.5) is 18.0 Å². The largest absolute Gasteiger partial charge is 0.496 e. The van der Waals surface area contributed by atoms with Crippen molar-refractivity contribution in [1.82, 2.24) is 10.2 Å². The summed E-state index contributed by atoms with van der Waals surface area (Å²) in [6.07, 6.45) is -4.59. The lowest BCUT2D eigenvalue weighted by atomic mass is 9.90. The van der Waals surface area contributed by atoms with Crippen LogP contribution in [0.2, 0.25) is 0 Å². The maximum atomic E-state index is 13.1. The van der Waals surface area contributed by atoms with Gasteiger partial charge in [0.25, 0.3) is 5.91 Å². The zero-order valence-corrected chi connectivity index (χ0v) is 16.5. The fraction of sp³-hybridized carbons (Fsp3) is 0.286. The number of benzene rings is 2. The molecule has 2 aromatic rings. The third kappa shape index (κ3) is 3.74. The maximum Gasteiger partial charge on any atom is 0.416 e. The second kappa shape index (κ2) is 7.47. The van der Waals surface area contributed by atoms with Crippen LogP contribution in [-0.2, 0) is 23.1 Å². The number of rotatable bonds is 5. The van der Waals surface area contributed by atoms with Crippen molar-refractivity contribution >= 4 is 17.7 Å². The molecule has 0 radical (unpaired) electrons. The molecule has 0 spiro atoms. The molecule has 3 amide bonds. The lowest BCUT2D eigenvalue weighted by Crippen LogP contribution is -2.41. The Balaban J connectivity index is 1.96. The molecule has 158 valence electrons. The van der Waals surface area contributed by atoms with Crippen molar-refractivity contribution in [1.29, 1.82) is 0 Å². The van der Waals surface area contributed by atoms with Crippen LogP contribution in [0.15, 0.2) is 42.5 Å². The molecule has 3 rings (SSSR count). The normalized spacial score (nSPS) is 19.1. The van der Waals surface area contributed by atoms with Gasteiger partial charge in [0.15, 0.2) is 5.78 Å². The Bertz CT molecular complexity index is 1040. The van der Waals surface area contributed by atoms with E-state index < -0.39 is 29.2 Å². The van der Waals surface area contributed by atoms with E-state index in [1.54, 1.807) is 12.1 Å². The van der Waals surface area contributed by atoms with Gasteiger partial charge in [-0.1, -0.05) is 12.1 Å². The highest BCUT2D eigenvalue weighted by atomic mass is 19.4. The first-order valence-electron chi connectivity index (χ1n) is 8.97. The number of hydrogen-bond acceptors (Lipinski definition) is 4. The van der Waals surface area contributed by atoms with Crippen molar-refractivity contribution in [3.05, 3.63) is 64.7 Å². The van der Waals surface area contributed by atoms with Gasteiger partial charge in [-0.15, -0.1) is 0 Å². The molecular weight excluding hydrogens is 401 g/mol. The number of alkyl halides is 3. The molecule has 0 aliphatic carbocycles. The molecule has 9 heteroatoms. The number of methoxy groups -OCH3 is 1. The summed E-state index contributed by atoms with van der Waals surface area (Å²) in [5.74, 6) is -0.541. The number of nitrogens with zero attached hydrogens (tertiary/aromatic N) is 1. The fourth-order valence-corrected chi connectivity index (χ4v) is 3.33. The zero-order chi connectivity index (χ0) is 22.3. The van der Waals surface area contributed by atoms with E-state index in [0.717, 1.165) is 17.0 Å². The van der Waals surface area contributed by atoms with Gasteiger partial charge in [-0.25, -0.2) is 4.79 Å². The van der Waals surface area contributed by atoms with Gasteiger partial charge >= 0.3 is 12.2 Å². The number of urea groups is 1. The van der Waals surface area contributed by atoms with Crippen molar-refractivity contribution in [2.75, 3.05) is 7.11 Å². The van der Waals surface area contributed by atoms with Crippen molar-refractivity contribution in [3.63, 3.8) is 0 Å².